The van der Waals surface area contributed by atoms with E-state index < -0.39 is 0 Å². The summed E-state index contributed by atoms with van der Waals surface area (Å²) in [5, 5.41) is 12.8. The number of rotatable bonds is 7. The summed E-state index contributed by atoms with van der Waals surface area (Å²) in [5.74, 6) is 1.63. The minimum atomic E-state index is 0.168. The normalized spacial score (nSPS) is 15.5. The molecule has 0 bridgehead atoms. The lowest BCUT2D eigenvalue weighted by Crippen LogP contribution is -2.22. The van der Waals surface area contributed by atoms with Gasteiger partial charge < -0.3 is 19.5 Å². The average molecular weight is 397 g/mol. The molecule has 3 aromatic rings. The molecule has 2 aromatic carbocycles. The maximum absolute atomic E-state index is 9.70. The fraction of sp³-hybridized carbons (Fsp3) is 0.318. The molecule has 6 heteroatoms. The van der Waals surface area contributed by atoms with Crippen molar-refractivity contribution in [3.63, 3.8) is 0 Å². The van der Waals surface area contributed by atoms with Crippen LogP contribution in [-0.2, 0) is 6.54 Å². The molecular weight excluding hydrogens is 372 g/mol. The van der Waals surface area contributed by atoms with E-state index in [0.717, 1.165) is 40.9 Å². The van der Waals surface area contributed by atoms with Gasteiger partial charge in [0.1, 0.15) is 5.01 Å². The Morgan fingerprint density at radius 1 is 1.21 bits per heavy atom. The topological polar surface area (TPSA) is 54.8 Å². The second-order valence-electron chi connectivity index (χ2n) is 6.76. The number of ether oxygens (including phenoxy) is 2. The van der Waals surface area contributed by atoms with Crippen molar-refractivity contribution >= 4 is 17.0 Å². The lowest BCUT2D eigenvalue weighted by molar-refractivity contribution is 0.270. The molecule has 1 aromatic heterocycles. The van der Waals surface area contributed by atoms with E-state index in [1.807, 2.05) is 37.3 Å². The van der Waals surface area contributed by atoms with Gasteiger partial charge in [-0.3, -0.25) is 0 Å². The van der Waals surface area contributed by atoms with E-state index in [1.165, 1.54) is 11.3 Å². The van der Waals surface area contributed by atoms with Gasteiger partial charge in [-0.15, -0.1) is 11.3 Å². The number of aromatic nitrogens is 1. The van der Waals surface area contributed by atoms with Crippen molar-refractivity contribution in [3.05, 3.63) is 59.1 Å². The van der Waals surface area contributed by atoms with Gasteiger partial charge in [0.25, 0.3) is 0 Å². The average Bonchev–Trinajstić information content (AvgIpc) is 3.34. The highest BCUT2D eigenvalue weighted by atomic mass is 32.1. The Kier molecular flexibility index (Phi) is 5.50. The number of hydrogen-bond acceptors (Lipinski definition) is 6. The molecule has 5 nitrogen and oxygen atoms in total. The predicted molar refractivity (Wildman–Crippen MR) is 113 cm³/mol. The molecule has 0 saturated carbocycles. The Labute approximate surface area is 169 Å². The third-order valence-corrected chi connectivity index (χ3v) is 5.93. The molecule has 2 heterocycles. The number of aliphatic hydroxyl groups is 1. The molecular formula is C22H24N2O3S. The molecule has 1 atom stereocenters. The van der Waals surface area contributed by atoms with Crippen molar-refractivity contribution in [1.29, 1.82) is 0 Å². The fourth-order valence-corrected chi connectivity index (χ4v) is 4.48. The Bertz CT molecular complexity index is 956. The molecule has 0 spiro atoms. The summed E-state index contributed by atoms with van der Waals surface area (Å²) in [6.45, 7) is 4.28. The second-order valence-corrected chi connectivity index (χ2v) is 7.62. The predicted octanol–water partition coefficient (Wildman–Crippen LogP) is 4.31. The molecule has 0 radical (unpaired) electrons. The third-order valence-electron chi connectivity index (χ3n) is 4.99. The molecule has 1 N–H and O–H groups in total. The maximum atomic E-state index is 9.70. The number of nitrogens with zero attached hydrogens (tertiary/aromatic N) is 2. The van der Waals surface area contributed by atoms with Crippen LogP contribution >= 0.6 is 11.3 Å². The highest BCUT2D eigenvalue weighted by Gasteiger charge is 2.28. The van der Waals surface area contributed by atoms with E-state index in [-0.39, 0.29) is 12.5 Å². The quantitative estimate of drug-likeness (QED) is 0.645. The van der Waals surface area contributed by atoms with E-state index in [1.54, 1.807) is 18.4 Å². The highest BCUT2D eigenvalue weighted by Crippen LogP contribution is 2.38. The van der Waals surface area contributed by atoms with Crippen LogP contribution in [0, 0.1) is 0 Å². The monoisotopic (exact) mass is 396 g/mol. The maximum Gasteiger partial charge on any atom is 0.161 e. The molecule has 146 valence electrons. The van der Waals surface area contributed by atoms with Crippen LogP contribution < -0.4 is 14.4 Å². The smallest absolute Gasteiger partial charge is 0.161 e. The first-order chi connectivity index (χ1) is 13.7. The first kappa shape index (κ1) is 18.8. The van der Waals surface area contributed by atoms with Crippen LogP contribution in [0.1, 0.15) is 24.1 Å². The Morgan fingerprint density at radius 3 is 2.86 bits per heavy atom. The van der Waals surface area contributed by atoms with E-state index in [2.05, 4.69) is 22.4 Å². The van der Waals surface area contributed by atoms with Crippen LogP contribution in [-0.4, -0.2) is 37.0 Å². The molecule has 1 aliphatic rings. The van der Waals surface area contributed by atoms with E-state index in [9.17, 15) is 5.11 Å². The Balaban J connectivity index is 1.54. The van der Waals surface area contributed by atoms with Crippen molar-refractivity contribution < 1.29 is 14.6 Å². The Hall–Kier alpha value is -2.57. The van der Waals surface area contributed by atoms with E-state index in [0.29, 0.717) is 6.61 Å². The van der Waals surface area contributed by atoms with Crippen LogP contribution in [0.5, 0.6) is 11.5 Å². The van der Waals surface area contributed by atoms with Gasteiger partial charge in [0.05, 0.1) is 32.6 Å². The van der Waals surface area contributed by atoms with Crippen molar-refractivity contribution in [3.8, 4) is 22.1 Å². The summed E-state index contributed by atoms with van der Waals surface area (Å²) in [7, 11) is 1.65. The third kappa shape index (κ3) is 3.57. The van der Waals surface area contributed by atoms with Crippen LogP contribution in [0.2, 0.25) is 0 Å². The second kappa shape index (κ2) is 8.20. The first-order valence-corrected chi connectivity index (χ1v) is 10.3. The van der Waals surface area contributed by atoms with Gasteiger partial charge in [-0.05, 0) is 36.8 Å². The summed E-state index contributed by atoms with van der Waals surface area (Å²) < 4.78 is 11.1. The number of methoxy groups -OCH3 is 1. The van der Waals surface area contributed by atoms with E-state index in [4.69, 9.17) is 14.5 Å². The molecule has 1 unspecified atom stereocenters. The zero-order valence-electron chi connectivity index (χ0n) is 16.1. The zero-order chi connectivity index (χ0) is 19.5. The van der Waals surface area contributed by atoms with Crippen molar-refractivity contribution in [2.75, 3.05) is 31.8 Å². The highest BCUT2D eigenvalue weighted by molar-refractivity contribution is 7.13. The van der Waals surface area contributed by atoms with Gasteiger partial charge in [-0.2, -0.15) is 0 Å². The summed E-state index contributed by atoms with van der Waals surface area (Å²) in [4.78, 5) is 7.14. The number of fused-ring (bicyclic) bond motifs is 1. The van der Waals surface area contributed by atoms with Crippen LogP contribution in [0.4, 0.5) is 5.69 Å². The molecule has 1 aliphatic heterocycles. The molecule has 4 rings (SSSR count). The lowest BCUT2D eigenvalue weighted by atomic mass is 10.0. The molecule has 0 amide bonds. The minimum Gasteiger partial charge on any atom is -0.493 e. The molecule has 0 saturated heterocycles. The van der Waals surface area contributed by atoms with Gasteiger partial charge in [-0.25, -0.2) is 4.98 Å². The summed E-state index contributed by atoms with van der Waals surface area (Å²) >= 11 is 1.63. The van der Waals surface area contributed by atoms with Gasteiger partial charge in [0, 0.05) is 29.1 Å². The first-order valence-electron chi connectivity index (χ1n) is 9.43. The number of hydrogen-bond donors (Lipinski definition) is 1. The summed E-state index contributed by atoms with van der Waals surface area (Å²) in [6, 6.07) is 14.2. The van der Waals surface area contributed by atoms with Crippen LogP contribution in [0.25, 0.3) is 10.6 Å². The van der Waals surface area contributed by atoms with Crippen LogP contribution in [0.15, 0.2) is 47.8 Å². The minimum absolute atomic E-state index is 0.168. The van der Waals surface area contributed by atoms with Crippen molar-refractivity contribution in [2.24, 2.45) is 0 Å². The molecule has 28 heavy (non-hydrogen) atoms. The number of benzene rings is 2. The zero-order valence-corrected chi connectivity index (χ0v) is 16.9. The van der Waals surface area contributed by atoms with Crippen molar-refractivity contribution in [2.45, 2.75) is 19.4 Å². The number of aliphatic hydroxyl groups excluding tert-OH is 1. The summed E-state index contributed by atoms with van der Waals surface area (Å²) in [5.41, 5.74) is 4.46. The number of thiazole rings is 1. The van der Waals surface area contributed by atoms with Gasteiger partial charge in [0.15, 0.2) is 11.5 Å². The number of anilines is 1. The SMILES string of the molecule is CCOc1ccc(-c2nc(CN3CC(CO)c4ccccc43)cs2)cc1OC. The number of para-hydroxylation sites is 1. The fourth-order valence-electron chi connectivity index (χ4n) is 3.67. The largest absolute Gasteiger partial charge is 0.493 e. The lowest BCUT2D eigenvalue weighted by Gasteiger charge is -2.18. The van der Waals surface area contributed by atoms with Gasteiger partial charge >= 0.3 is 0 Å². The summed E-state index contributed by atoms with van der Waals surface area (Å²) in [6.07, 6.45) is 0. The Morgan fingerprint density at radius 2 is 2.07 bits per heavy atom. The van der Waals surface area contributed by atoms with E-state index >= 15 is 0 Å². The van der Waals surface area contributed by atoms with Crippen LogP contribution in [0.3, 0.4) is 0 Å². The molecule has 0 fully saturated rings. The van der Waals surface area contributed by atoms with Gasteiger partial charge in [-0.1, -0.05) is 18.2 Å². The van der Waals surface area contributed by atoms with Gasteiger partial charge in [0.2, 0.25) is 0 Å². The standard InChI is InChI=1S/C22H24N2O3S/c1-3-27-20-9-8-15(10-21(20)26-2)22-23-17(14-28-22)12-24-11-16(13-25)18-6-4-5-7-19(18)24/h4-10,14,16,25H,3,11-13H2,1-2H3. The van der Waals surface area contributed by atoms with Crippen molar-refractivity contribution in [1.82, 2.24) is 4.98 Å². The molecule has 0 aliphatic carbocycles.